The van der Waals surface area contributed by atoms with Crippen LogP contribution in [0.2, 0.25) is 0 Å². The van der Waals surface area contributed by atoms with Gasteiger partial charge in [0.1, 0.15) is 11.6 Å². The molecule has 1 aliphatic heterocycles. The number of benzene rings is 1. The highest BCUT2D eigenvalue weighted by Gasteiger charge is 2.37. The molecule has 150 valence electrons. The van der Waals surface area contributed by atoms with Crippen molar-refractivity contribution in [2.24, 2.45) is 0 Å². The van der Waals surface area contributed by atoms with E-state index in [1.165, 1.54) is 16.2 Å². The summed E-state index contributed by atoms with van der Waals surface area (Å²) in [5, 5.41) is 0.288. The van der Waals surface area contributed by atoms with Crippen LogP contribution < -0.4 is 0 Å². The van der Waals surface area contributed by atoms with E-state index in [1.54, 1.807) is 20.8 Å². The van der Waals surface area contributed by atoms with E-state index in [1.807, 2.05) is 18.2 Å². The predicted molar refractivity (Wildman–Crippen MR) is 109 cm³/mol. The number of hydrogen-bond acceptors (Lipinski definition) is 7. The molecule has 2 heterocycles. The number of carbonyl (C=O) groups is 3. The molecule has 28 heavy (non-hydrogen) atoms. The van der Waals surface area contributed by atoms with Gasteiger partial charge in [-0.05, 0) is 51.8 Å². The van der Waals surface area contributed by atoms with Gasteiger partial charge in [-0.25, -0.2) is 14.6 Å². The van der Waals surface area contributed by atoms with E-state index >= 15 is 0 Å². The van der Waals surface area contributed by atoms with Crippen molar-refractivity contribution in [1.29, 1.82) is 0 Å². The van der Waals surface area contributed by atoms with Crippen molar-refractivity contribution in [3.05, 3.63) is 27.7 Å². The van der Waals surface area contributed by atoms with Crippen LogP contribution >= 0.6 is 27.3 Å². The highest BCUT2D eigenvalue weighted by molar-refractivity contribution is 9.10. The first kappa shape index (κ1) is 20.7. The Morgan fingerprint density at radius 2 is 2.07 bits per heavy atom. The standard InChI is InChI=1S/C19H21BrN2O5S/c1-19(2,3)27-18(25)22-8-4-5-13(22)17(24)26-10-14(23)16-21-12-7-6-11(20)9-15(12)28-16/h6-7,9,13H,4-5,8,10H2,1-3H3/t13-/m0/s1. The van der Waals surface area contributed by atoms with Crippen LogP contribution in [0.1, 0.15) is 43.4 Å². The number of carbonyl (C=O) groups excluding carboxylic acids is 3. The van der Waals surface area contributed by atoms with Crippen molar-refractivity contribution in [3.63, 3.8) is 0 Å². The number of esters is 1. The van der Waals surface area contributed by atoms with Crippen LogP contribution in [0.5, 0.6) is 0 Å². The summed E-state index contributed by atoms with van der Waals surface area (Å²) in [5.74, 6) is -0.965. The van der Waals surface area contributed by atoms with Crippen LogP contribution in [-0.4, -0.2) is 52.5 Å². The molecule has 1 aromatic carbocycles. The number of ketones is 1. The Morgan fingerprint density at radius 1 is 1.32 bits per heavy atom. The lowest BCUT2D eigenvalue weighted by atomic mass is 10.2. The fraction of sp³-hybridized carbons (Fsp3) is 0.474. The highest BCUT2D eigenvalue weighted by Crippen LogP contribution is 2.26. The molecule has 7 nitrogen and oxygen atoms in total. The largest absolute Gasteiger partial charge is 0.456 e. The van der Waals surface area contributed by atoms with Gasteiger partial charge < -0.3 is 9.47 Å². The second-order valence-corrected chi connectivity index (χ2v) is 9.44. The maximum atomic E-state index is 12.4. The third-order valence-corrected chi connectivity index (χ3v) is 5.64. The molecule has 1 atom stereocenters. The zero-order chi connectivity index (χ0) is 20.5. The molecule has 1 aliphatic rings. The Morgan fingerprint density at radius 3 is 2.79 bits per heavy atom. The molecule has 1 aromatic heterocycles. The second-order valence-electron chi connectivity index (χ2n) is 7.49. The number of Topliss-reactive ketones (excluding diaryl/α,β-unsaturated/α-hetero) is 1. The average molecular weight is 469 g/mol. The molecule has 1 saturated heterocycles. The number of amides is 1. The number of likely N-dealkylation sites (tertiary alicyclic amines) is 1. The van der Waals surface area contributed by atoms with Crippen molar-refractivity contribution in [3.8, 4) is 0 Å². The van der Waals surface area contributed by atoms with Crippen LogP contribution in [0.25, 0.3) is 10.2 Å². The number of rotatable bonds is 4. The first-order valence-electron chi connectivity index (χ1n) is 8.89. The van der Waals surface area contributed by atoms with E-state index in [0.717, 1.165) is 14.7 Å². The van der Waals surface area contributed by atoms with Gasteiger partial charge >= 0.3 is 12.1 Å². The van der Waals surface area contributed by atoms with E-state index in [4.69, 9.17) is 9.47 Å². The van der Waals surface area contributed by atoms with Crippen molar-refractivity contribution in [1.82, 2.24) is 9.88 Å². The summed E-state index contributed by atoms with van der Waals surface area (Å²) in [5.41, 5.74) is 0.0705. The van der Waals surface area contributed by atoms with Gasteiger partial charge in [-0.1, -0.05) is 15.9 Å². The van der Waals surface area contributed by atoms with Gasteiger partial charge in [0, 0.05) is 11.0 Å². The maximum Gasteiger partial charge on any atom is 0.411 e. The number of ether oxygens (including phenoxy) is 2. The normalized spacial score (nSPS) is 17.0. The first-order chi connectivity index (χ1) is 13.1. The summed E-state index contributed by atoms with van der Waals surface area (Å²) < 4.78 is 12.3. The van der Waals surface area contributed by atoms with Crippen molar-refractivity contribution < 1.29 is 23.9 Å². The Balaban J connectivity index is 1.60. The lowest BCUT2D eigenvalue weighted by molar-refractivity contribution is -0.147. The van der Waals surface area contributed by atoms with Crippen LogP contribution in [0.4, 0.5) is 4.79 Å². The van der Waals surface area contributed by atoms with Crippen LogP contribution in [0.3, 0.4) is 0 Å². The minimum atomic E-state index is -0.728. The summed E-state index contributed by atoms with van der Waals surface area (Å²) in [6.07, 6.45) is 0.622. The van der Waals surface area contributed by atoms with Crippen LogP contribution in [-0.2, 0) is 14.3 Å². The molecule has 0 unspecified atom stereocenters. The number of fused-ring (bicyclic) bond motifs is 1. The number of halogens is 1. The smallest absolute Gasteiger partial charge is 0.411 e. The monoisotopic (exact) mass is 468 g/mol. The minimum absolute atomic E-state index is 0.288. The van der Waals surface area contributed by atoms with Gasteiger partial charge in [0.15, 0.2) is 11.6 Å². The van der Waals surface area contributed by atoms with Crippen LogP contribution in [0, 0.1) is 0 Å². The molecular weight excluding hydrogens is 448 g/mol. The lowest BCUT2D eigenvalue weighted by Crippen LogP contribution is -2.44. The molecule has 2 aromatic rings. The molecule has 0 N–H and O–H groups in total. The molecule has 1 fully saturated rings. The maximum absolute atomic E-state index is 12.4. The van der Waals surface area contributed by atoms with Gasteiger partial charge in [-0.15, -0.1) is 11.3 Å². The molecule has 0 radical (unpaired) electrons. The number of thiazole rings is 1. The van der Waals surface area contributed by atoms with Gasteiger partial charge in [0.25, 0.3) is 0 Å². The Labute approximate surface area is 175 Å². The summed E-state index contributed by atoms with van der Waals surface area (Å²) >= 11 is 4.63. The second kappa shape index (κ2) is 8.16. The summed E-state index contributed by atoms with van der Waals surface area (Å²) in [4.78, 5) is 42.7. The zero-order valence-corrected chi connectivity index (χ0v) is 18.3. The first-order valence-corrected chi connectivity index (χ1v) is 10.5. The molecule has 9 heteroatoms. The van der Waals surface area contributed by atoms with Crippen molar-refractivity contribution >= 4 is 55.3 Å². The van der Waals surface area contributed by atoms with Gasteiger partial charge in [-0.3, -0.25) is 9.69 Å². The average Bonchev–Trinajstić information content (AvgIpc) is 3.24. The Hall–Kier alpha value is -2.00. The van der Waals surface area contributed by atoms with E-state index in [9.17, 15) is 14.4 Å². The van der Waals surface area contributed by atoms with E-state index in [-0.39, 0.29) is 10.8 Å². The molecular formula is C19H21BrN2O5S. The quantitative estimate of drug-likeness (QED) is 0.493. The summed E-state index contributed by atoms with van der Waals surface area (Å²) in [7, 11) is 0. The van der Waals surface area contributed by atoms with E-state index in [2.05, 4.69) is 20.9 Å². The van der Waals surface area contributed by atoms with Gasteiger partial charge in [0.05, 0.1) is 10.2 Å². The van der Waals surface area contributed by atoms with Crippen molar-refractivity contribution in [2.75, 3.05) is 13.2 Å². The SMILES string of the molecule is CC(C)(C)OC(=O)N1CCC[C@H]1C(=O)OCC(=O)c1nc2ccc(Br)cc2s1. The fourth-order valence-corrected chi connectivity index (χ4v) is 4.30. The van der Waals surface area contributed by atoms with Crippen molar-refractivity contribution in [2.45, 2.75) is 45.3 Å². The Bertz CT molecular complexity index is 921. The van der Waals surface area contributed by atoms with E-state index in [0.29, 0.717) is 19.4 Å². The van der Waals surface area contributed by atoms with Gasteiger partial charge in [0.2, 0.25) is 5.78 Å². The van der Waals surface area contributed by atoms with Gasteiger partial charge in [-0.2, -0.15) is 0 Å². The zero-order valence-electron chi connectivity index (χ0n) is 15.9. The fourth-order valence-electron chi connectivity index (χ4n) is 2.86. The molecule has 1 amide bonds. The van der Waals surface area contributed by atoms with Crippen LogP contribution in [0.15, 0.2) is 22.7 Å². The minimum Gasteiger partial charge on any atom is -0.456 e. The summed E-state index contributed by atoms with van der Waals surface area (Å²) in [6, 6.07) is 4.82. The summed E-state index contributed by atoms with van der Waals surface area (Å²) in [6.45, 7) is 5.32. The Kier molecular flexibility index (Phi) is 6.04. The molecule has 0 aliphatic carbocycles. The lowest BCUT2D eigenvalue weighted by Gasteiger charge is -2.27. The number of aromatic nitrogens is 1. The highest BCUT2D eigenvalue weighted by atomic mass is 79.9. The molecule has 0 saturated carbocycles. The topological polar surface area (TPSA) is 85.8 Å². The third kappa shape index (κ3) is 4.88. The number of nitrogens with zero attached hydrogens (tertiary/aromatic N) is 2. The number of hydrogen-bond donors (Lipinski definition) is 0. The molecule has 0 bridgehead atoms. The predicted octanol–water partition coefficient (Wildman–Crippen LogP) is 4.18. The van der Waals surface area contributed by atoms with E-state index < -0.39 is 30.3 Å². The molecule has 0 spiro atoms. The third-order valence-electron chi connectivity index (χ3n) is 4.09. The molecule has 3 rings (SSSR count).